The summed E-state index contributed by atoms with van der Waals surface area (Å²) in [6.07, 6.45) is 10.6. The van der Waals surface area contributed by atoms with Crippen LogP contribution in [0.3, 0.4) is 0 Å². The Kier molecular flexibility index (Phi) is 6.68. The van der Waals surface area contributed by atoms with E-state index in [1.165, 1.54) is 11.1 Å². The average molecular weight is 282 g/mol. The SMILES string of the molecule is C\C=C/C=C\C=C(/C)C(c1ccccc1)C(C)C(C)(C)C. The van der Waals surface area contributed by atoms with E-state index in [-0.39, 0.29) is 5.41 Å². The summed E-state index contributed by atoms with van der Waals surface area (Å²) < 4.78 is 0. The van der Waals surface area contributed by atoms with E-state index in [2.05, 4.69) is 89.3 Å². The highest BCUT2D eigenvalue weighted by molar-refractivity contribution is 5.31. The molecule has 0 aliphatic carbocycles. The van der Waals surface area contributed by atoms with Gasteiger partial charge < -0.3 is 0 Å². The van der Waals surface area contributed by atoms with Crippen LogP contribution in [0.5, 0.6) is 0 Å². The second kappa shape index (κ2) is 8.02. The molecule has 1 aromatic rings. The summed E-state index contributed by atoms with van der Waals surface area (Å²) in [4.78, 5) is 0. The second-order valence-electron chi connectivity index (χ2n) is 6.86. The normalized spacial score (nSPS) is 16.6. The first-order valence-corrected chi connectivity index (χ1v) is 7.89. The molecule has 0 aromatic heterocycles. The molecule has 1 aromatic carbocycles. The Labute approximate surface area is 131 Å². The van der Waals surface area contributed by atoms with Gasteiger partial charge in [-0.05, 0) is 30.7 Å². The number of rotatable bonds is 5. The van der Waals surface area contributed by atoms with Crippen LogP contribution < -0.4 is 0 Å². The molecule has 2 atom stereocenters. The first-order chi connectivity index (χ1) is 9.88. The molecule has 114 valence electrons. The zero-order valence-electron chi connectivity index (χ0n) is 14.4. The molecule has 0 nitrogen and oxygen atoms in total. The standard InChI is InChI=1S/C21H30/c1-7-8-9-11-14-17(2)20(18(3)21(4,5)6)19-15-12-10-13-16-19/h7-16,18,20H,1-6H3/b8-7-,11-9-,17-14+. The molecule has 1 rings (SSSR count). The fourth-order valence-corrected chi connectivity index (χ4v) is 2.59. The van der Waals surface area contributed by atoms with E-state index in [4.69, 9.17) is 0 Å². The summed E-state index contributed by atoms with van der Waals surface area (Å²) >= 11 is 0. The van der Waals surface area contributed by atoms with Gasteiger partial charge in [0.15, 0.2) is 0 Å². The van der Waals surface area contributed by atoms with Crippen LogP contribution in [0.25, 0.3) is 0 Å². The summed E-state index contributed by atoms with van der Waals surface area (Å²) in [5.41, 5.74) is 3.11. The molecule has 0 N–H and O–H groups in total. The maximum Gasteiger partial charge on any atom is 0.00791 e. The number of allylic oxidation sites excluding steroid dienone is 6. The van der Waals surface area contributed by atoms with Crippen molar-refractivity contribution in [2.24, 2.45) is 11.3 Å². The van der Waals surface area contributed by atoms with E-state index >= 15 is 0 Å². The molecular weight excluding hydrogens is 252 g/mol. The summed E-state index contributed by atoms with van der Waals surface area (Å²) in [5.74, 6) is 1.03. The van der Waals surface area contributed by atoms with Crippen molar-refractivity contribution in [3.05, 3.63) is 71.8 Å². The highest BCUT2D eigenvalue weighted by Crippen LogP contribution is 2.41. The quantitative estimate of drug-likeness (QED) is 0.538. The van der Waals surface area contributed by atoms with Gasteiger partial charge in [0.1, 0.15) is 0 Å². The van der Waals surface area contributed by atoms with E-state index in [1.807, 2.05) is 13.0 Å². The molecule has 0 amide bonds. The molecule has 0 radical (unpaired) electrons. The van der Waals surface area contributed by atoms with E-state index < -0.39 is 0 Å². The topological polar surface area (TPSA) is 0 Å². The van der Waals surface area contributed by atoms with Gasteiger partial charge in [0.05, 0.1) is 0 Å². The van der Waals surface area contributed by atoms with Crippen molar-refractivity contribution in [1.82, 2.24) is 0 Å². The van der Waals surface area contributed by atoms with Crippen molar-refractivity contribution in [2.45, 2.75) is 47.5 Å². The average Bonchev–Trinajstić information content (AvgIpc) is 2.44. The van der Waals surface area contributed by atoms with Crippen LogP contribution in [0.15, 0.2) is 66.3 Å². The van der Waals surface area contributed by atoms with Gasteiger partial charge in [0.2, 0.25) is 0 Å². The lowest BCUT2D eigenvalue weighted by Gasteiger charge is -2.35. The Morgan fingerprint density at radius 3 is 2.14 bits per heavy atom. The van der Waals surface area contributed by atoms with E-state index in [9.17, 15) is 0 Å². The predicted molar refractivity (Wildman–Crippen MR) is 95.5 cm³/mol. The summed E-state index contributed by atoms with van der Waals surface area (Å²) in [7, 11) is 0. The van der Waals surface area contributed by atoms with Crippen LogP contribution in [0.2, 0.25) is 0 Å². The van der Waals surface area contributed by atoms with Crippen molar-refractivity contribution in [3.8, 4) is 0 Å². The van der Waals surface area contributed by atoms with Crippen LogP contribution in [0.1, 0.15) is 53.0 Å². The van der Waals surface area contributed by atoms with Gasteiger partial charge in [-0.2, -0.15) is 0 Å². The molecule has 0 bridgehead atoms. The third kappa shape index (κ3) is 5.38. The van der Waals surface area contributed by atoms with E-state index in [0.717, 1.165) is 0 Å². The molecule has 2 unspecified atom stereocenters. The summed E-state index contributed by atoms with van der Waals surface area (Å²) in [6.45, 7) is 13.6. The van der Waals surface area contributed by atoms with Gasteiger partial charge in [-0.3, -0.25) is 0 Å². The summed E-state index contributed by atoms with van der Waals surface area (Å²) in [6, 6.07) is 10.9. The lowest BCUT2D eigenvalue weighted by atomic mass is 9.69. The first kappa shape index (κ1) is 17.5. The number of hydrogen-bond donors (Lipinski definition) is 0. The molecule has 0 saturated carbocycles. The largest absolute Gasteiger partial charge is 0.0877 e. The molecule has 0 saturated heterocycles. The van der Waals surface area contributed by atoms with Gasteiger partial charge in [0, 0.05) is 5.92 Å². The molecule has 0 aliphatic heterocycles. The van der Waals surface area contributed by atoms with Crippen LogP contribution in [0.4, 0.5) is 0 Å². The van der Waals surface area contributed by atoms with Gasteiger partial charge in [-0.25, -0.2) is 0 Å². The Balaban J connectivity index is 3.14. The second-order valence-corrected chi connectivity index (χ2v) is 6.86. The minimum Gasteiger partial charge on any atom is -0.0877 e. The molecule has 21 heavy (non-hydrogen) atoms. The molecule has 0 heterocycles. The monoisotopic (exact) mass is 282 g/mol. The maximum atomic E-state index is 2.37. The smallest absolute Gasteiger partial charge is 0.00791 e. The van der Waals surface area contributed by atoms with Crippen LogP contribution in [-0.2, 0) is 0 Å². The molecule has 0 heteroatoms. The lowest BCUT2D eigenvalue weighted by molar-refractivity contribution is 0.235. The molecular formula is C21H30. The maximum absolute atomic E-state index is 2.37. The predicted octanol–water partition coefficient (Wildman–Crippen LogP) is 6.53. The van der Waals surface area contributed by atoms with Crippen LogP contribution in [0, 0.1) is 11.3 Å². The van der Waals surface area contributed by atoms with Crippen LogP contribution >= 0.6 is 0 Å². The van der Waals surface area contributed by atoms with Gasteiger partial charge in [-0.1, -0.05) is 94.0 Å². The highest BCUT2D eigenvalue weighted by Gasteiger charge is 2.30. The van der Waals surface area contributed by atoms with Crippen molar-refractivity contribution in [1.29, 1.82) is 0 Å². The van der Waals surface area contributed by atoms with Crippen LogP contribution in [-0.4, -0.2) is 0 Å². The van der Waals surface area contributed by atoms with E-state index in [0.29, 0.717) is 11.8 Å². The number of benzene rings is 1. The highest BCUT2D eigenvalue weighted by atomic mass is 14.3. The summed E-state index contributed by atoms with van der Waals surface area (Å²) in [5, 5.41) is 0. The number of hydrogen-bond acceptors (Lipinski definition) is 0. The zero-order chi connectivity index (χ0) is 15.9. The minimum absolute atomic E-state index is 0.280. The van der Waals surface area contributed by atoms with Gasteiger partial charge in [-0.15, -0.1) is 0 Å². The third-order valence-corrected chi connectivity index (χ3v) is 4.29. The third-order valence-electron chi connectivity index (χ3n) is 4.29. The molecule has 0 spiro atoms. The zero-order valence-corrected chi connectivity index (χ0v) is 14.4. The Bertz CT molecular complexity index is 495. The molecule has 0 fully saturated rings. The van der Waals surface area contributed by atoms with Crippen molar-refractivity contribution in [3.63, 3.8) is 0 Å². The molecule has 0 aliphatic rings. The van der Waals surface area contributed by atoms with Crippen molar-refractivity contribution >= 4 is 0 Å². The van der Waals surface area contributed by atoms with E-state index in [1.54, 1.807) is 0 Å². The van der Waals surface area contributed by atoms with Crippen molar-refractivity contribution in [2.75, 3.05) is 0 Å². The first-order valence-electron chi connectivity index (χ1n) is 7.89. The van der Waals surface area contributed by atoms with Gasteiger partial charge in [0.25, 0.3) is 0 Å². The lowest BCUT2D eigenvalue weighted by Crippen LogP contribution is -2.25. The van der Waals surface area contributed by atoms with Crippen molar-refractivity contribution < 1.29 is 0 Å². The Hall–Kier alpha value is -1.56. The Morgan fingerprint density at radius 1 is 1.00 bits per heavy atom. The fourth-order valence-electron chi connectivity index (χ4n) is 2.59. The van der Waals surface area contributed by atoms with Gasteiger partial charge >= 0.3 is 0 Å². The minimum atomic E-state index is 0.280. The fraction of sp³-hybridized carbons (Fsp3) is 0.429. The Morgan fingerprint density at radius 2 is 1.62 bits per heavy atom.